The lowest BCUT2D eigenvalue weighted by molar-refractivity contribution is -0.143. The summed E-state index contributed by atoms with van der Waals surface area (Å²) in [4.78, 5) is 15.1. The second kappa shape index (κ2) is 8.40. The van der Waals surface area contributed by atoms with Gasteiger partial charge in [0.25, 0.3) is 5.91 Å². The number of benzene rings is 2. The number of rotatable bonds is 5. The fraction of sp³-hybridized carbons (Fsp3) is 0.304. The monoisotopic (exact) mass is 375 g/mol. The highest BCUT2D eigenvalue weighted by Gasteiger charge is 2.32. The number of H-pyrrole nitrogens is 1. The van der Waals surface area contributed by atoms with Crippen LogP contribution in [0.5, 0.6) is 0 Å². The Kier molecular flexibility index (Phi) is 5.53. The molecule has 1 aromatic heterocycles. The third-order valence-electron chi connectivity index (χ3n) is 5.46. The number of methoxy groups -OCH3 is 1. The molecule has 2 atom stereocenters. The Bertz CT molecular complexity index is 908. The molecule has 1 aliphatic rings. The SMILES string of the molecule is COC(C(=O)N1CCCC(c2[nH]ncc2-c2ccccc2)C1)c1ccccc1. The van der Waals surface area contributed by atoms with E-state index < -0.39 is 6.10 Å². The normalized spacial score (nSPS) is 18.0. The van der Waals surface area contributed by atoms with Crippen molar-refractivity contribution in [2.45, 2.75) is 24.9 Å². The van der Waals surface area contributed by atoms with Gasteiger partial charge in [-0.2, -0.15) is 5.10 Å². The molecule has 0 bridgehead atoms. The van der Waals surface area contributed by atoms with Gasteiger partial charge < -0.3 is 9.64 Å². The number of aromatic amines is 1. The van der Waals surface area contributed by atoms with Crippen molar-refractivity contribution >= 4 is 5.91 Å². The molecule has 2 heterocycles. The summed E-state index contributed by atoms with van der Waals surface area (Å²) in [5, 5.41) is 7.48. The Morgan fingerprint density at radius 2 is 1.86 bits per heavy atom. The number of aromatic nitrogens is 2. The Morgan fingerprint density at radius 1 is 1.14 bits per heavy atom. The van der Waals surface area contributed by atoms with Crippen LogP contribution in [0.25, 0.3) is 11.1 Å². The number of nitrogens with zero attached hydrogens (tertiary/aromatic N) is 2. The summed E-state index contributed by atoms with van der Waals surface area (Å²) in [5.41, 5.74) is 4.26. The van der Waals surface area contributed by atoms with Crippen LogP contribution >= 0.6 is 0 Å². The zero-order chi connectivity index (χ0) is 19.3. The number of carbonyl (C=O) groups is 1. The van der Waals surface area contributed by atoms with Gasteiger partial charge in [0.05, 0.1) is 6.20 Å². The van der Waals surface area contributed by atoms with Crippen LogP contribution in [-0.2, 0) is 9.53 Å². The molecule has 1 fully saturated rings. The molecule has 0 aliphatic carbocycles. The van der Waals surface area contributed by atoms with Crippen LogP contribution < -0.4 is 0 Å². The van der Waals surface area contributed by atoms with E-state index in [-0.39, 0.29) is 11.8 Å². The largest absolute Gasteiger partial charge is 0.367 e. The molecule has 5 nitrogen and oxygen atoms in total. The first-order valence-electron chi connectivity index (χ1n) is 9.73. The molecule has 1 saturated heterocycles. The number of nitrogens with one attached hydrogen (secondary N) is 1. The molecule has 5 heteroatoms. The van der Waals surface area contributed by atoms with Crippen molar-refractivity contribution in [1.29, 1.82) is 0 Å². The summed E-state index contributed by atoms with van der Waals surface area (Å²) >= 11 is 0. The first kappa shape index (κ1) is 18.4. The van der Waals surface area contributed by atoms with Crippen LogP contribution in [0.3, 0.4) is 0 Å². The zero-order valence-electron chi connectivity index (χ0n) is 16.0. The minimum Gasteiger partial charge on any atom is -0.367 e. The zero-order valence-corrected chi connectivity index (χ0v) is 16.0. The van der Waals surface area contributed by atoms with Gasteiger partial charge >= 0.3 is 0 Å². The molecule has 1 amide bonds. The van der Waals surface area contributed by atoms with Gasteiger partial charge in [-0.25, -0.2) is 0 Å². The maximum absolute atomic E-state index is 13.2. The predicted molar refractivity (Wildman–Crippen MR) is 109 cm³/mol. The van der Waals surface area contributed by atoms with Crippen molar-refractivity contribution in [3.8, 4) is 11.1 Å². The lowest BCUT2D eigenvalue weighted by atomic mass is 9.90. The van der Waals surface area contributed by atoms with Gasteiger partial charge in [-0.1, -0.05) is 60.7 Å². The number of hydrogen-bond donors (Lipinski definition) is 1. The third kappa shape index (κ3) is 3.71. The van der Waals surface area contributed by atoms with Crippen molar-refractivity contribution in [2.24, 2.45) is 0 Å². The van der Waals surface area contributed by atoms with Gasteiger partial charge in [0.1, 0.15) is 0 Å². The van der Waals surface area contributed by atoms with E-state index in [1.165, 1.54) is 0 Å². The van der Waals surface area contributed by atoms with Gasteiger partial charge in [0.2, 0.25) is 0 Å². The minimum atomic E-state index is -0.560. The lowest BCUT2D eigenvalue weighted by Gasteiger charge is -2.34. The van der Waals surface area contributed by atoms with E-state index in [4.69, 9.17) is 4.74 Å². The van der Waals surface area contributed by atoms with Gasteiger partial charge in [-0.3, -0.25) is 9.89 Å². The van der Waals surface area contributed by atoms with Gasteiger partial charge in [0, 0.05) is 37.4 Å². The molecule has 28 heavy (non-hydrogen) atoms. The summed E-state index contributed by atoms with van der Waals surface area (Å²) in [5.74, 6) is 0.267. The maximum atomic E-state index is 13.2. The second-order valence-electron chi connectivity index (χ2n) is 7.21. The van der Waals surface area contributed by atoms with Gasteiger partial charge in [-0.05, 0) is 24.0 Å². The van der Waals surface area contributed by atoms with Crippen LogP contribution in [0.2, 0.25) is 0 Å². The molecule has 0 radical (unpaired) electrons. The summed E-state index contributed by atoms with van der Waals surface area (Å²) < 4.78 is 5.56. The number of amides is 1. The molecule has 2 unspecified atom stereocenters. The second-order valence-corrected chi connectivity index (χ2v) is 7.21. The minimum absolute atomic E-state index is 0.0270. The van der Waals surface area contributed by atoms with Gasteiger partial charge in [0.15, 0.2) is 6.10 Å². The van der Waals surface area contributed by atoms with Crippen molar-refractivity contribution in [1.82, 2.24) is 15.1 Å². The van der Waals surface area contributed by atoms with Crippen LogP contribution in [0.1, 0.15) is 36.1 Å². The molecular weight excluding hydrogens is 350 g/mol. The molecule has 4 rings (SSSR count). The highest BCUT2D eigenvalue weighted by atomic mass is 16.5. The first-order chi connectivity index (χ1) is 13.8. The van der Waals surface area contributed by atoms with Crippen molar-refractivity contribution in [3.05, 3.63) is 78.1 Å². The summed E-state index contributed by atoms with van der Waals surface area (Å²) in [7, 11) is 1.60. The van der Waals surface area contributed by atoms with E-state index in [2.05, 4.69) is 22.3 Å². The highest BCUT2D eigenvalue weighted by Crippen LogP contribution is 2.34. The van der Waals surface area contributed by atoms with E-state index in [1.54, 1.807) is 7.11 Å². The van der Waals surface area contributed by atoms with E-state index in [0.717, 1.165) is 41.8 Å². The Balaban J connectivity index is 1.54. The quantitative estimate of drug-likeness (QED) is 0.728. The molecule has 0 spiro atoms. The average molecular weight is 375 g/mol. The van der Waals surface area contributed by atoms with Crippen LogP contribution in [0, 0.1) is 0 Å². The number of piperidine rings is 1. The topological polar surface area (TPSA) is 58.2 Å². The molecule has 1 N–H and O–H groups in total. The summed E-state index contributed by atoms with van der Waals surface area (Å²) in [6.07, 6.45) is 3.33. The van der Waals surface area contributed by atoms with E-state index in [0.29, 0.717) is 6.54 Å². The maximum Gasteiger partial charge on any atom is 0.256 e. The number of carbonyl (C=O) groups excluding carboxylic acids is 1. The highest BCUT2D eigenvalue weighted by molar-refractivity contribution is 5.82. The Hall–Kier alpha value is -2.92. The molecule has 0 saturated carbocycles. The predicted octanol–water partition coefficient (Wildman–Crippen LogP) is 4.17. The lowest BCUT2D eigenvalue weighted by Crippen LogP contribution is -2.42. The Labute approximate surface area is 165 Å². The van der Waals surface area contributed by atoms with Crippen LogP contribution in [0.15, 0.2) is 66.9 Å². The van der Waals surface area contributed by atoms with E-state index in [1.807, 2.05) is 59.6 Å². The van der Waals surface area contributed by atoms with Crippen molar-refractivity contribution < 1.29 is 9.53 Å². The average Bonchev–Trinajstić information content (AvgIpc) is 3.26. The van der Waals surface area contributed by atoms with Crippen molar-refractivity contribution in [3.63, 3.8) is 0 Å². The number of hydrogen-bond acceptors (Lipinski definition) is 3. The number of likely N-dealkylation sites (tertiary alicyclic amines) is 1. The molecule has 144 valence electrons. The smallest absolute Gasteiger partial charge is 0.256 e. The van der Waals surface area contributed by atoms with Crippen molar-refractivity contribution in [2.75, 3.05) is 20.2 Å². The molecule has 2 aromatic carbocycles. The molecule has 1 aliphatic heterocycles. The van der Waals surface area contributed by atoms with E-state index in [9.17, 15) is 4.79 Å². The first-order valence-corrected chi connectivity index (χ1v) is 9.73. The third-order valence-corrected chi connectivity index (χ3v) is 5.46. The Morgan fingerprint density at radius 3 is 2.57 bits per heavy atom. The molecule has 3 aromatic rings. The van der Waals surface area contributed by atoms with Gasteiger partial charge in [-0.15, -0.1) is 0 Å². The van der Waals surface area contributed by atoms with E-state index >= 15 is 0 Å². The van der Waals surface area contributed by atoms with Crippen LogP contribution in [0.4, 0.5) is 0 Å². The standard InChI is InChI=1S/C23H25N3O2/c1-28-22(18-11-6-3-7-12-18)23(27)26-14-8-13-19(16-26)21-20(15-24-25-21)17-9-4-2-5-10-17/h2-7,9-12,15,19,22H,8,13-14,16H2,1H3,(H,24,25). The van der Waals surface area contributed by atoms with Crippen LogP contribution in [-0.4, -0.2) is 41.2 Å². The fourth-order valence-corrected chi connectivity index (χ4v) is 4.04. The number of ether oxygens (including phenoxy) is 1. The molecular formula is C23H25N3O2. The summed E-state index contributed by atoms with van der Waals surface area (Å²) in [6.45, 7) is 1.43. The fourth-order valence-electron chi connectivity index (χ4n) is 4.04. The summed E-state index contributed by atoms with van der Waals surface area (Å²) in [6, 6.07) is 20.0.